The van der Waals surface area contributed by atoms with Gasteiger partial charge >= 0.3 is 0 Å². The largest absolute Gasteiger partial charge is 0.384 e. The van der Waals surface area contributed by atoms with Crippen LogP contribution in [0.15, 0.2) is 36.4 Å². The van der Waals surface area contributed by atoms with E-state index in [9.17, 15) is 9.90 Å². The van der Waals surface area contributed by atoms with Crippen molar-refractivity contribution in [1.29, 1.82) is 0 Å². The molecule has 20 heavy (non-hydrogen) atoms. The van der Waals surface area contributed by atoms with Gasteiger partial charge in [0.25, 0.3) is 0 Å². The van der Waals surface area contributed by atoms with E-state index in [2.05, 4.69) is 5.32 Å². The van der Waals surface area contributed by atoms with E-state index in [0.29, 0.717) is 22.7 Å². The molecular weight excluding hydrogens is 274 g/mol. The van der Waals surface area contributed by atoms with Gasteiger partial charge in [0.05, 0.1) is 12.1 Å². The van der Waals surface area contributed by atoms with Crippen molar-refractivity contribution in [3.63, 3.8) is 0 Å². The molecule has 0 saturated heterocycles. The molecule has 4 heteroatoms. The third-order valence-electron chi connectivity index (χ3n) is 3.52. The monoisotopic (exact) mass is 287 g/mol. The van der Waals surface area contributed by atoms with E-state index in [1.54, 1.807) is 12.1 Å². The Morgan fingerprint density at radius 2 is 1.95 bits per heavy atom. The molecule has 0 aliphatic carbocycles. The number of halogens is 1. The van der Waals surface area contributed by atoms with Crippen LogP contribution in [0.5, 0.6) is 0 Å². The Balaban J connectivity index is 2.06. The van der Waals surface area contributed by atoms with E-state index in [1.165, 1.54) is 0 Å². The molecule has 2 N–H and O–H groups in total. The van der Waals surface area contributed by atoms with Crippen molar-refractivity contribution >= 4 is 23.2 Å². The quantitative estimate of drug-likeness (QED) is 0.891. The van der Waals surface area contributed by atoms with Gasteiger partial charge in [0, 0.05) is 10.6 Å². The molecular formula is C16H14ClNO2. The van der Waals surface area contributed by atoms with Crippen LogP contribution in [0.1, 0.15) is 28.4 Å². The normalized spacial score (nSPS) is 14.8. The fourth-order valence-electron chi connectivity index (χ4n) is 2.48. The fraction of sp³-hybridized carbons (Fsp3) is 0.188. The van der Waals surface area contributed by atoms with E-state index >= 15 is 0 Å². The topological polar surface area (TPSA) is 49.3 Å². The van der Waals surface area contributed by atoms with Gasteiger partial charge in [0.1, 0.15) is 6.10 Å². The summed E-state index contributed by atoms with van der Waals surface area (Å²) in [6.07, 6.45) is -0.495. The standard InChI is InChI=1S/C16H14ClNO2/c1-9-2-4-10(5-3-9)16(20)13-8-12(17)6-11-7-14(19)18-15(11)13/h2-6,8,16,20H,7H2,1H3,(H,18,19). The summed E-state index contributed by atoms with van der Waals surface area (Å²) in [4.78, 5) is 11.5. The molecule has 1 unspecified atom stereocenters. The van der Waals surface area contributed by atoms with Crippen LogP contribution in [0.25, 0.3) is 0 Å². The van der Waals surface area contributed by atoms with Gasteiger partial charge < -0.3 is 10.4 Å². The van der Waals surface area contributed by atoms with Crippen LogP contribution in [-0.4, -0.2) is 11.0 Å². The highest BCUT2D eigenvalue weighted by Crippen LogP contribution is 2.36. The second kappa shape index (κ2) is 4.93. The fourth-order valence-corrected chi connectivity index (χ4v) is 2.73. The molecule has 3 rings (SSSR count). The van der Waals surface area contributed by atoms with Crippen molar-refractivity contribution in [3.05, 3.63) is 63.7 Å². The molecule has 1 aliphatic rings. The maximum Gasteiger partial charge on any atom is 0.228 e. The van der Waals surface area contributed by atoms with Gasteiger partial charge in [-0.2, -0.15) is 0 Å². The van der Waals surface area contributed by atoms with E-state index in [1.807, 2.05) is 31.2 Å². The molecule has 0 saturated carbocycles. The third kappa shape index (κ3) is 2.30. The Morgan fingerprint density at radius 3 is 2.65 bits per heavy atom. The van der Waals surface area contributed by atoms with E-state index in [0.717, 1.165) is 16.7 Å². The zero-order chi connectivity index (χ0) is 14.3. The number of nitrogens with one attached hydrogen (secondary N) is 1. The first kappa shape index (κ1) is 13.2. The van der Waals surface area contributed by atoms with Crippen LogP contribution in [0, 0.1) is 6.92 Å². The molecule has 0 radical (unpaired) electrons. The molecule has 2 aromatic rings. The molecule has 2 aromatic carbocycles. The van der Waals surface area contributed by atoms with Crippen molar-refractivity contribution in [1.82, 2.24) is 0 Å². The van der Waals surface area contributed by atoms with Gasteiger partial charge in [0.2, 0.25) is 5.91 Å². The zero-order valence-electron chi connectivity index (χ0n) is 11.0. The number of anilines is 1. The number of rotatable bonds is 2. The number of fused-ring (bicyclic) bond motifs is 1. The lowest BCUT2D eigenvalue weighted by Crippen LogP contribution is -2.07. The van der Waals surface area contributed by atoms with Crippen LogP contribution < -0.4 is 5.32 Å². The number of amides is 1. The molecule has 0 spiro atoms. The summed E-state index contributed by atoms with van der Waals surface area (Å²) in [6, 6.07) is 11.1. The molecule has 0 fully saturated rings. The molecule has 1 aliphatic heterocycles. The molecule has 1 atom stereocenters. The smallest absolute Gasteiger partial charge is 0.228 e. The summed E-state index contributed by atoms with van der Waals surface area (Å²) in [6.45, 7) is 1.99. The van der Waals surface area contributed by atoms with E-state index in [-0.39, 0.29) is 5.91 Å². The molecule has 1 heterocycles. The first-order valence-electron chi connectivity index (χ1n) is 6.41. The summed E-state index contributed by atoms with van der Waals surface area (Å²) in [7, 11) is 0. The predicted octanol–water partition coefficient (Wildman–Crippen LogP) is 3.22. The van der Waals surface area contributed by atoms with Crippen molar-refractivity contribution in [2.45, 2.75) is 19.4 Å². The summed E-state index contributed by atoms with van der Waals surface area (Å²) < 4.78 is 0. The van der Waals surface area contributed by atoms with Gasteiger partial charge in [-0.05, 0) is 30.2 Å². The predicted molar refractivity (Wildman–Crippen MR) is 79.0 cm³/mol. The van der Waals surface area contributed by atoms with Crippen LogP contribution >= 0.6 is 11.6 Å². The Morgan fingerprint density at radius 1 is 1.25 bits per heavy atom. The SMILES string of the molecule is Cc1ccc(C(O)c2cc(Cl)cc3c2NC(=O)C3)cc1. The number of hydrogen-bond donors (Lipinski definition) is 2. The van der Waals surface area contributed by atoms with Gasteiger partial charge in [-0.25, -0.2) is 0 Å². The Labute approximate surface area is 122 Å². The third-order valence-corrected chi connectivity index (χ3v) is 3.74. The maximum absolute atomic E-state index is 11.5. The lowest BCUT2D eigenvalue weighted by molar-refractivity contribution is -0.115. The lowest BCUT2D eigenvalue weighted by atomic mass is 9.97. The first-order chi connectivity index (χ1) is 9.54. The summed E-state index contributed by atoms with van der Waals surface area (Å²) in [5.74, 6) is -0.0698. The molecule has 102 valence electrons. The lowest BCUT2D eigenvalue weighted by Gasteiger charge is -2.16. The summed E-state index contributed by atoms with van der Waals surface area (Å²) in [5, 5.41) is 13.9. The molecule has 0 bridgehead atoms. The van der Waals surface area contributed by atoms with Gasteiger partial charge in [-0.15, -0.1) is 0 Å². The molecule has 1 amide bonds. The maximum atomic E-state index is 11.5. The number of carbonyl (C=O) groups is 1. The Hall–Kier alpha value is -1.84. The zero-order valence-corrected chi connectivity index (χ0v) is 11.7. The summed E-state index contributed by atoms with van der Waals surface area (Å²) >= 11 is 6.08. The highest BCUT2D eigenvalue weighted by molar-refractivity contribution is 6.31. The minimum Gasteiger partial charge on any atom is -0.384 e. The van der Waals surface area contributed by atoms with Crippen molar-refractivity contribution in [2.75, 3.05) is 5.32 Å². The van der Waals surface area contributed by atoms with E-state index < -0.39 is 6.10 Å². The van der Waals surface area contributed by atoms with Crippen LogP contribution in [0.2, 0.25) is 5.02 Å². The highest BCUT2D eigenvalue weighted by atomic mass is 35.5. The minimum atomic E-state index is -0.804. The average Bonchev–Trinajstić information content (AvgIpc) is 2.78. The number of carbonyl (C=O) groups excluding carboxylic acids is 1. The first-order valence-corrected chi connectivity index (χ1v) is 6.79. The van der Waals surface area contributed by atoms with Crippen LogP contribution in [0.4, 0.5) is 5.69 Å². The number of aryl methyl sites for hydroxylation is 1. The highest BCUT2D eigenvalue weighted by Gasteiger charge is 2.25. The van der Waals surface area contributed by atoms with Gasteiger partial charge in [-0.1, -0.05) is 41.4 Å². The Kier molecular flexibility index (Phi) is 3.24. The van der Waals surface area contributed by atoms with E-state index in [4.69, 9.17) is 11.6 Å². The minimum absolute atomic E-state index is 0.0698. The number of aliphatic hydroxyl groups excluding tert-OH is 1. The number of hydrogen-bond acceptors (Lipinski definition) is 2. The number of benzene rings is 2. The summed E-state index contributed by atoms with van der Waals surface area (Å²) in [5.41, 5.74) is 4.07. The van der Waals surface area contributed by atoms with Gasteiger partial charge in [-0.3, -0.25) is 4.79 Å². The average molecular weight is 288 g/mol. The van der Waals surface area contributed by atoms with Crippen LogP contribution in [0.3, 0.4) is 0 Å². The second-order valence-corrected chi connectivity index (χ2v) is 5.50. The van der Waals surface area contributed by atoms with Crippen LogP contribution in [-0.2, 0) is 11.2 Å². The Bertz CT molecular complexity index is 680. The number of aliphatic hydroxyl groups is 1. The van der Waals surface area contributed by atoms with Gasteiger partial charge in [0.15, 0.2) is 0 Å². The van der Waals surface area contributed by atoms with Crippen molar-refractivity contribution < 1.29 is 9.90 Å². The van der Waals surface area contributed by atoms with Crippen molar-refractivity contribution in [3.8, 4) is 0 Å². The molecule has 3 nitrogen and oxygen atoms in total. The van der Waals surface area contributed by atoms with Crippen molar-refractivity contribution in [2.24, 2.45) is 0 Å². The second-order valence-electron chi connectivity index (χ2n) is 5.07. The molecule has 0 aromatic heterocycles.